The Balaban J connectivity index is 1.24. The first-order valence-electron chi connectivity index (χ1n) is 16.9. The summed E-state index contributed by atoms with van der Waals surface area (Å²) in [7, 11) is 0. The van der Waals surface area contributed by atoms with Gasteiger partial charge in [-0.15, -0.1) is 0 Å². The molecule has 0 atom stereocenters. The maximum atomic E-state index is 6.84. The highest BCUT2D eigenvalue weighted by atomic mass is 16.3. The van der Waals surface area contributed by atoms with Crippen molar-refractivity contribution in [1.82, 2.24) is 0 Å². The summed E-state index contributed by atoms with van der Waals surface area (Å²) >= 11 is 0. The van der Waals surface area contributed by atoms with Crippen LogP contribution in [0, 0.1) is 0 Å². The lowest BCUT2D eigenvalue weighted by Crippen LogP contribution is -2.17. The van der Waals surface area contributed by atoms with E-state index in [1.54, 1.807) is 0 Å². The normalized spacial score (nSPS) is 15.0. The van der Waals surface area contributed by atoms with Crippen molar-refractivity contribution in [3.8, 4) is 22.3 Å². The fraction of sp³-hybridized carbons (Fsp3) is 0.130. The van der Waals surface area contributed by atoms with E-state index >= 15 is 0 Å². The van der Waals surface area contributed by atoms with Gasteiger partial charge in [0.15, 0.2) is 5.58 Å². The van der Waals surface area contributed by atoms with E-state index in [0.717, 1.165) is 39.0 Å². The lowest BCUT2D eigenvalue weighted by atomic mass is 9.82. The van der Waals surface area contributed by atoms with Crippen LogP contribution in [0.15, 0.2) is 144 Å². The molecule has 0 N–H and O–H groups in total. The van der Waals surface area contributed by atoms with E-state index in [1.165, 1.54) is 55.3 Å². The van der Waals surface area contributed by atoms with Crippen LogP contribution >= 0.6 is 0 Å². The van der Waals surface area contributed by atoms with Gasteiger partial charge in [-0.25, -0.2) is 0 Å². The standard InChI is InChI=1S/C46H35NO/c1-45(2)39-18-10-8-15-33(39)36-26-30(21-23-40(36)45)47(31-20-22-34-32-14-7-9-17-38(32)46(3,4)41(34)27-31)42-19-11-16-35-37-24-28-12-5-6-13-29(28)25-43(37)48-44(35)42/h5-27H,1-4H3. The van der Waals surface area contributed by atoms with Crippen molar-refractivity contribution in [3.05, 3.63) is 162 Å². The summed E-state index contributed by atoms with van der Waals surface area (Å²) < 4.78 is 6.84. The molecule has 1 heterocycles. The Morgan fingerprint density at radius 2 is 1.02 bits per heavy atom. The van der Waals surface area contributed by atoms with Gasteiger partial charge in [0.2, 0.25) is 0 Å². The lowest BCUT2D eigenvalue weighted by Gasteiger charge is -2.29. The van der Waals surface area contributed by atoms with Crippen LogP contribution in [0.5, 0.6) is 0 Å². The third-order valence-corrected chi connectivity index (χ3v) is 11.2. The third kappa shape index (κ3) is 3.63. The molecule has 2 aliphatic rings. The number of benzene rings is 7. The zero-order valence-corrected chi connectivity index (χ0v) is 27.6. The van der Waals surface area contributed by atoms with E-state index in [0.29, 0.717) is 0 Å². The topological polar surface area (TPSA) is 16.4 Å². The quantitative estimate of drug-likeness (QED) is 0.196. The van der Waals surface area contributed by atoms with Gasteiger partial charge in [0, 0.05) is 33.0 Å². The van der Waals surface area contributed by atoms with Crippen molar-refractivity contribution in [3.63, 3.8) is 0 Å². The first kappa shape index (κ1) is 27.5. The summed E-state index contributed by atoms with van der Waals surface area (Å²) in [5.74, 6) is 0. The second-order valence-corrected chi connectivity index (χ2v) is 14.6. The average molecular weight is 618 g/mol. The first-order chi connectivity index (χ1) is 23.3. The summed E-state index contributed by atoms with van der Waals surface area (Å²) in [6, 6.07) is 51.4. The Kier molecular flexibility index (Phi) is 5.44. The number of hydrogen-bond acceptors (Lipinski definition) is 2. The molecule has 0 amide bonds. The van der Waals surface area contributed by atoms with Gasteiger partial charge in [0.05, 0.1) is 5.69 Å². The molecule has 0 fully saturated rings. The van der Waals surface area contributed by atoms with Gasteiger partial charge in [-0.3, -0.25) is 0 Å². The van der Waals surface area contributed by atoms with Gasteiger partial charge in [-0.1, -0.05) is 125 Å². The molecule has 0 spiro atoms. The van der Waals surface area contributed by atoms with E-state index in [9.17, 15) is 0 Å². The zero-order valence-electron chi connectivity index (χ0n) is 27.6. The van der Waals surface area contributed by atoms with Gasteiger partial charge in [-0.05, 0) is 97.7 Å². The number of hydrogen-bond donors (Lipinski definition) is 0. The predicted octanol–water partition coefficient (Wildman–Crippen LogP) is 12.8. The predicted molar refractivity (Wildman–Crippen MR) is 201 cm³/mol. The SMILES string of the molecule is CC1(C)c2ccccc2-c2cc(N(c3ccc4c(c3)C(C)(C)c3ccccc3-4)c3cccc4c3oc3cc5ccccc5cc34)ccc21. The fourth-order valence-corrected chi connectivity index (χ4v) is 8.75. The van der Waals surface area contributed by atoms with Gasteiger partial charge in [0.25, 0.3) is 0 Å². The molecule has 10 rings (SSSR count). The molecule has 7 aromatic carbocycles. The number of nitrogens with zero attached hydrogens (tertiary/aromatic N) is 1. The largest absolute Gasteiger partial charge is 0.454 e. The molecule has 48 heavy (non-hydrogen) atoms. The van der Waals surface area contributed by atoms with E-state index in [1.807, 2.05) is 0 Å². The molecule has 2 heteroatoms. The first-order valence-corrected chi connectivity index (χ1v) is 16.9. The number of anilines is 3. The van der Waals surface area contributed by atoms with Gasteiger partial charge < -0.3 is 9.32 Å². The van der Waals surface area contributed by atoms with Crippen LogP contribution in [-0.4, -0.2) is 0 Å². The van der Waals surface area contributed by atoms with Crippen LogP contribution < -0.4 is 4.90 Å². The number of furan rings is 1. The second-order valence-electron chi connectivity index (χ2n) is 14.6. The highest BCUT2D eigenvalue weighted by Crippen LogP contribution is 2.53. The van der Waals surface area contributed by atoms with Crippen molar-refractivity contribution in [2.45, 2.75) is 38.5 Å². The summed E-state index contributed by atoms with van der Waals surface area (Å²) in [6.45, 7) is 9.39. The summed E-state index contributed by atoms with van der Waals surface area (Å²) in [4.78, 5) is 2.41. The molecule has 0 unspecified atom stereocenters. The number of fused-ring (bicyclic) bond motifs is 10. The summed E-state index contributed by atoms with van der Waals surface area (Å²) in [5, 5.41) is 4.67. The summed E-state index contributed by atoms with van der Waals surface area (Å²) in [5.41, 5.74) is 15.7. The maximum Gasteiger partial charge on any atom is 0.159 e. The molecule has 2 aliphatic carbocycles. The van der Waals surface area contributed by atoms with Crippen LogP contribution in [0.25, 0.3) is 55.0 Å². The molecule has 1 aromatic heterocycles. The van der Waals surface area contributed by atoms with Crippen molar-refractivity contribution in [2.75, 3.05) is 4.90 Å². The monoisotopic (exact) mass is 617 g/mol. The molecular formula is C46H35NO. The second kappa shape index (κ2) is 9.49. The van der Waals surface area contributed by atoms with Crippen molar-refractivity contribution < 1.29 is 4.42 Å². The molecule has 230 valence electrons. The molecule has 0 aliphatic heterocycles. The maximum absolute atomic E-state index is 6.84. The third-order valence-electron chi connectivity index (χ3n) is 11.2. The van der Waals surface area contributed by atoms with Crippen LogP contribution in [0.1, 0.15) is 49.9 Å². The Labute approximate surface area is 280 Å². The lowest BCUT2D eigenvalue weighted by molar-refractivity contribution is 0.659. The molecule has 0 saturated carbocycles. The fourth-order valence-electron chi connectivity index (χ4n) is 8.75. The van der Waals surface area contributed by atoms with Crippen molar-refractivity contribution in [2.24, 2.45) is 0 Å². The highest BCUT2D eigenvalue weighted by Gasteiger charge is 2.37. The Hall–Kier alpha value is -5.60. The van der Waals surface area contributed by atoms with Crippen LogP contribution in [-0.2, 0) is 10.8 Å². The molecule has 0 radical (unpaired) electrons. The van der Waals surface area contributed by atoms with Crippen molar-refractivity contribution >= 4 is 49.8 Å². The Morgan fingerprint density at radius 3 is 1.79 bits per heavy atom. The van der Waals surface area contributed by atoms with Crippen LogP contribution in [0.2, 0.25) is 0 Å². The minimum absolute atomic E-state index is 0.0561. The average Bonchev–Trinajstić information content (AvgIpc) is 3.67. The molecule has 8 aromatic rings. The molecule has 0 saturated heterocycles. The van der Waals surface area contributed by atoms with Gasteiger partial charge in [0.1, 0.15) is 5.58 Å². The molecule has 2 nitrogen and oxygen atoms in total. The highest BCUT2D eigenvalue weighted by molar-refractivity contribution is 6.13. The molecular weight excluding hydrogens is 583 g/mol. The van der Waals surface area contributed by atoms with Gasteiger partial charge >= 0.3 is 0 Å². The smallest absolute Gasteiger partial charge is 0.159 e. The Bertz CT molecular complexity index is 2630. The van der Waals surface area contributed by atoms with Crippen molar-refractivity contribution in [1.29, 1.82) is 0 Å². The number of rotatable bonds is 3. The van der Waals surface area contributed by atoms with E-state index in [-0.39, 0.29) is 10.8 Å². The minimum Gasteiger partial charge on any atom is -0.454 e. The molecule has 0 bridgehead atoms. The number of para-hydroxylation sites is 1. The Morgan fingerprint density at radius 1 is 0.438 bits per heavy atom. The van der Waals surface area contributed by atoms with E-state index < -0.39 is 0 Å². The van der Waals surface area contributed by atoms with Crippen LogP contribution in [0.4, 0.5) is 17.1 Å². The van der Waals surface area contributed by atoms with E-state index in [4.69, 9.17) is 4.42 Å². The zero-order chi connectivity index (χ0) is 32.4. The summed E-state index contributed by atoms with van der Waals surface area (Å²) in [6.07, 6.45) is 0. The van der Waals surface area contributed by atoms with Crippen LogP contribution in [0.3, 0.4) is 0 Å². The van der Waals surface area contributed by atoms with Gasteiger partial charge in [-0.2, -0.15) is 0 Å². The minimum atomic E-state index is -0.111. The van der Waals surface area contributed by atoms with E-state index in [2.05, 4.69) is 172 Å².